The first-order valence-corrected chi connectivity index (χ1v) is 6.98. The zero-order valence-corrected chi connectivity index (χ0v) is 12.1. The lowest BCUT2D eigenvalue weighted by molar-refractivity contribution is 0.327. The lowest BCUT2D eigenvalue weighted by Crippen LogP contribution is -2.16. The molecule has 1 unspecified atom stereocenters. The zero-order chi connectivity index (χ0) is 13.4. The quantitative estimate of drug-likeness (QED) is 0.754. The molecule has 1 N–H and O–H groups in total. The molecule has 1 rings (SSSR count). The van der Waals surface area contributed by atoms with Crippen LogP contribution in [-0.2, 0) is 0 Å². The van der Waals surface area contributed by atoms with E-state index in [1.54, 1.807) is 0 Å². The SMILES string of the molecule is CCOc1cccc(NC(C)CCCC(C)C)n1. The van der Waals surface area contributed by atoms with E-state index in [0.29, 0.717) is 18.5 Å². The first-order valence-electron chi connectivity index (χ1n) is 6.98. The molecule has 0 amide bonds. The molecule has 0 spiro atoms. The first kappa shape index (κ1) is 14.8. The van der Waals surface area contributed by atoms with Gasteiger partial charge in [-0.05, 0) is 32.3 Å². The second-order valence-corrected chi connectivity index (χ2v) is 5.16. The predicted molar refractivity (Wildman–Crippen MR) is 77.2 cm³/mol. The van der Waals surface area contributed by atoms with Gasteiger partial charge in [-0.2, -0.15) is 4.98 Å². The van der Waals surface area contributed by atoms with Crippen LogP contribution in [0.2, 0.25) is 0 Å². The Morgan fingerprint density at radius 1 is 1.22 bits per heavy atom. The van der Waals surface area contributed by atoms with Crippen LogP contribution in [0.3, 0.4) is 0 Å². The fourth-order valence-corrected chi connectivity index (χ4v) is 1.88. The molecule has 0 fully saturated rings. The number of ether oxygens (including phenoxy) is 1. The number of nitrogens with zero attached hydrogens (tertiary/aromatic N) is 1. The van der Waals surface area contributed by atoms with Crippen molar-refractivity contribution >= 4 is 5.82 Å². The number of aromatic nitrogens is 1. The van der Waals surface area contributed by atoms with Crippen LogP contribution in [0.1, 0.15) is 47.0 Å². The van der Waals surface area contributed by atoms with Gasteiger partial charge in [-0.15, -0.1) is 0 Å². The van der Waals surface area contributed by atoms with E-state index in [0.717, 1.165) is 11.7 Å². The highest BCUT2D eigenvalue weighted by molar-refractivity contribution is 5.37. The Morgan fingerprint density at radius 3 is 2.67 bits per heavy atom. The van der Waals surface area contributed by atoms with Gasteiger partial charge in [0.2, 0.25) is 5.88 Å². The van der Waals surface area contributed by atoms with Crippen LogP contribution in [0.5, 0.6) is 5.88 Å². The molecule has 1 heterocycles. The highest BCUT2D eigenvalue weighted by Crippen LogP contribution is 2.15. The van der Waals surface area contributed by atoms with Crippen molar-refractivity contribution in [3.63, 3.8) is 0 Å². The third-order valence-corrected chi connectivity index (χ3v) is 2.83. The minimum atomic E-state index is 0.452. The van der Waals surface area contributed by atoms with Gasteiger partial charge in [0, 0.05) is 12.1 Å². The number of pyridine rings is 1. The fourth-order valence-electron chi connectivity index (χ4n) is 1.88. The van der Waals surface area contributed by atoms with Crippen LogP contribution in [0.15, 0.2) is 18.2 Å². The monoisotopic (exact) mass is 250 g/mol. The number of anilines is 1. The smallest absolute Gasteiger partial charge is 0.215 e. The maximum atomic E-state index is 5.39. The molecule has 0 aliphatic carbocycles. The number of rotatable bonds is 8. The van der Waals surface area contributed by atoms with Crippen molar-refractivity contribution in [2.24, 2.45) is 5.92 Å². The Bertz CT molecular complexity index is 339. The Labute approximate surface area is 111 Å². The van der Waals surface area contributed by atoms with Gasteiger partial charge in [-0.3, -0.25) is 0 Å². The molecule has 0 radical (unpaired) electrons. The van der Waals surface area contributed by atoms with Crippen LogP contribution >= 0.6 is 0 Å². The first-order chi connectivity index (χ1) is 8.61. The van der Waals surface area contributed by atoms with E-state index in [-0.39, 0.29) is 0 Å². The van der Waals surface area contributed by atoms with Crippen molar-refractivity contribution in [2.75, 3.05) is 11.9 Å². The molecule has 102 valence electrons. The molecule has 0 saturated heterocycles. The summed E-state index contributed by atoms with van der Waals surface area (Å²) in [5.74, 6) is 2.38. The van der Waals surface area contributed by atoms with Gasteiger partial charge in [-0.1, -0.05) is 32.8 Å². The summed E-state index contributed by atoms with van der Waals surface area (Å²) < 4.78 is 5.39. The van der Waals surface area contributed by atoms with E-state index in [1.165, 1.54) is 19.3 Å². The summed E-state index contributed by atoms with van der Waals surface area (Å²) >= 11 is 0. The van der Waals surface area contributed by atoms with Crippen molar-refractivity contribution in [1.82, 2.24) is 4.98 Å². The highest BCUT2D eigenvalue weighted by atomic mass is 16.5. The molecule has 3 nitrogen and oxygen atoms in total. The molecule has 0 aliphatic rings. The van der Waals surface area contributed by atoms with Crippen LogP contribution in [0.25, 0.3) is 0 Å². The van der Waals surface area contributed by atoms with Crippen molar-refractivity contribution in [3.8, 4) is 5.88 Å². The van der Waals surface area contributed by atoms with Gasteiger partial charge < -0.3 is 10.1 Å². The number of hydrogen-bond donors (Lipinski definition) is 1. The maximum absolute atomic E-state index is 5.39. The standard InChI is InChI=1S/C15H26N2O/c1-5-18-15-11-7-10-14(17-15)16-13(4)9-6-8-12(2)3/h7,10-13H,5-6,8-9H2,1-4H3,(H,16,17). The van der Waals surface area contributed by atoms with E-state index >= 15 is 0 Å². The van der Waals surface area contributed by atoms with E-state index in [4.69, 9.17) is 4.74 Å². The van der Waals surface area contributed by atoms with Gasteiger partial charge in [0.25, 0.3) is 0 Å². The third-order valence-electron chi connectivity index (χ3n) is 2.83. The lowest BCUT2D eigenvalue weighted by Gasteiger charge is -2.15. The molecule has 0 saturated carbocycles. The molecule has 18 heavy (non-hydrogen) atoms. The van der Waals surface area contributed by atoms with E-state index in [1.807, 2.05) is 25.1 Å². The average molecular weight is 250 g/mol. The molecular weight excluding hydrogens is 224 g/mol. The summed E-state index contributed by atoms with van der Waals surface area (Å²) in [6, 6.07) is 6.30. The molecule has 1 aromatic rings. The minimum absolute atomic E-state index is 0.452. The summed E-state index contributed by atoms with van der Waals surface area (Å²) in [5.41, 5.74) is 0. The largest absolute Gasteiger partial charge is 0.478 e. The molecule has 0 bridgehead atoms. The summed E-state index contributed by atoms with van der Waals surface area (Å²) in [6.07, 6.45) is 3.73. The van der Waals surface area contributed by atoms with Gasteiger partial charge >= 0.3 is 0 Å². The Kier molecular flexibility index (Phi) is 6.55. The average Bonchev–Trinajstić information content (AvgIpc) is 2.29. The Morgan fingerprint density at radius 2 is 2.00 bits per heavy atom. The van der Waals surface area contributed by atoms with Crippen molar-refractivity contribution in [1.29, 1.82) is 0 Å². The fraction of sp³-hybridized carbons (Fsp3) is 0.667. The second-order valence-electron chi connectivity index (χ2n) is 5.16. The summed E-state index contributed by atoms with van der Waals surface area (Å²) in [7, 11) is 0. The van der Waals surface area contributed by atoms with Gasteiger partial charge in [0.1, 0.15) is 5.82 Å². The van der Waals surface area contributed by atoms with Crippen molar-refractivity contribution in [2.45, 2.75) is 53.0 Å². The molecule has 0 aromatic carbocycles. The van der Waals surface area contributed by atoms with E-state index in [9.17, 15) is 0 Å². The molecule has 0 aliphatic heterocycles. The predicted octanol–water partition coefficient (Wildman–Crippen LogP) is 4.11. The Balaban J connectivity index is 2.38. The normalized spacial score (nSPS) is 12.5. The maximum Gasteiger partial charge on any atom is 0.215 e. The summed E-state index contributed by atoms with van der Waals surface area (Å²) in [4.78, 5) is 4.41. The lowest BCUT2D eigenvalue weighted by atomic mass is 10.0. The van der Waals surface area contributed by atoms with Crippen molar-refractivity contribution in [3.05, 3.63) is 18.2 Å². The van der Waals surface area contributed by atoms with Crippen LogP contribution in [0, 0.1) is 5.92 Å². The molecular formula is C15H26N2O. The molecule has 3 heteroatoms. The van der Waals surface area contributed by atoms with E-state index < -0.39 is 0 Å². The van der Waals surface area contributed by atoms with Crippen molar-refractivity contribution < 1.29 is 4.74 Å². The zero-order valence-electron chi connectivity index (χ0n) is 12.1. The van der Waals surface area contributed by atoms with Crippen LogP contribution < -0.4 is 10.1 Å². The van der Waals surface area contributed by atoms with Gasteiger partial charge in [0.05, 0.1) is 6.61 Å². The highest BCUT2D eigenvalue weighted by Gasteiger charge is 2.04. The second kappa shape index (κ2) is 7.96. The van der Waals surface area contributed by atoms with Gasteiger partial charge in [-0.25, -0.2) is 0 Å². The number of hydrogen-bond acceptors (Lipinski definition) is 3. The molecule has 1 aromatic heterocycles. The third kappa shape index (κ3) is 5.89. The van der Waals surface area contributed by atoms with E-state index in [2.05, 4.69) is 31.1 Å². The minimum Gasteiger partial charge on any atom is -0.478 e. The number of nitrogens with one attached hydrogen (secondary N) is 1. The van der Waals surface area contributed by atoms with Crippen LogP contribution in [-0.4, -0.2) is 17.6 Å². The van der Waals surface area contributed by atoms with Gasteiger partial charge in [0.15, 0.2) is 0 Å². The Hall–Kier alpha value is -1.25. The topological polar surface area (TPSA) is 34.1 Å². The molecule has 1 atom stereocenters. The summed E-state index contributed by atoms with van der Waals surface area (Å²) in [6.45, 7) is 9.36. The van der Waals surface area contributed by atoms with Crippen LogP contribution in [0.4, 0.5) is 5.82 Å². The summed E-state index contributed by atoms with van der Waals surface area (Å²) in [5, 5.41) is 3.42.